The molecule has 0 saturated carbocycles. The van der Waals surface area contributed by atoms with Gasteiger partial charge in [-0.1, -0.05) is 0 Å². The van der Waals surface area contributed by atoms with Crippen LogP contribution in [-0.4, -0.2) is 15.9 Å². The first-order chi connectivity index (χ1) is 8.19. The van der Waals surface area contributed by atoms with Crippen molar-refractivity contribution < 1.29 is 9.21 Å². The number of anilines is 2. The number of rotatable bonds is 3. The van der Waals surface area contributed by atoms with Crippen LogP contribution in [0.1, 0.15) is 16.1 Å². The average molecular weight is 233 g/mol. The van der Waals surface area contributed by atoms with Crippen LogP contribution in [0.2, 0.25) is 0 Å². The van der Waals surface area contributed by atoms with Crippen LogP contribution in [0.25, 0.3) is 0 Å². The summed E-state index contributed by atoms with van der Waals surface area (Å²) in [4.78, 5) is 19.6. The summed E-state index contributed by atoms with van der Waals surface area (Å²) in [5.74, 6) is 5.26. The largest absolute Gasteiger partial charge is 0.432 e. The Kier molecular flexibility index (Phi) is 3.01. The maximum atomic E-state index is 11.8. The van der Waals surface area contributed by atoms with Gasteiger partial charge in [0, 0.05) is 11.8 Å². The molecule has 0 aliphatic heterocycles. The number of nitrogens with one attached hydrogen (secondary N) is 2. The van der Waals surface area contributed by atoms with E-state index >= 15 is 0 Å². The van der Waals surface area contributed by atoms with Gasteiger partial charge in [0.15, 0.2) is 0 Å². The Hall–Kier alpha value is -2.41. The van der Waals surface area contributed by atoms with Gasteiger partial charge in [0.2, 0.25) is 0 Å². The predicted molar refractivity (Wildman–Crippen MR) is 61.2 cm³/mol. The molecule has 0 atom stereocenters. The second-order valence-corrected chi connectivity index (χ2v) is 3.32. The molecule has 2 heterocycles. The Labute approximate surface area is 97.0 Å². The minimum Gasteiger partial charge on any atom is -0.432 e. The lowest BCUT2D eigenvalue weighted by atomic mass is 10.2. The van der Waals surface area contributed by atoms with Gasteiger partial charge in [-0.15, -0.1) is 0 Å². The number of amides is 1. The summed E-state index contributed by atoms with van der Waals surface area (Å²) in [6.07, 6.45) is 2.93. The highest BCUT2D eigenvalue weighted by atomic mass is 16.4. The molecule has 7 nitrogen and oxygen atoms in total. The first-order valence-corrected chi connectivity index (χ1v) is 4.85. The molecule has 17 heavy (non-hydrogen) atoms. The van der Waals surface area contributed by atoms with E-state index in [4.69, 9.17) is 10.3 Å². The Balaban J connectivity index is 2.14. The number of nitrogens with two attached hydrogens (primary N) is 1. The highest BCUT2D eigenvalue weighted by Crippen LogP contribution is 2.10. The maximum Gasteiger partial charge on any atom is 0.301 e. The molecule has 0 aliphatic carbocycles. The van der Waals surface area contributed by atoms with Gasteiger partial charge in [0.1, 0.15) is 12.1 Å². The van der Waals surface area contributed by atoms with Crippen LogP contribution in [0.5, 0.6) is 0 Å². The summed E-state index contributed by atoms with van der Waals surface area (Å²) in [5.41, 5.74) is 3.46. The van der Waals surface area contributed by atoms with Gasteiger partial charge >= 0.3 is 6.01 Å². The summed E-state index contributed by atoms with van der Waals surface area (Å²) in [5, 5.41) is 2.52. The SMILES string of the molecule is Cc1coc(NC(=O)c2ccnc(NN)c2)n1. The number of carbonyl (C=O) groups excluding carboxylic acids is 1. The lowest BCUT2D eigenvalue weighted by Crippen LogP contribution is -2.14. The topological polar surface area (TPSA) is 106 Å². The van der Waals surface area contributed by atoms with Crippen molar-refractivity contribution in [2.24, 2.45) is 5.84 Å². The fourth-order valence-corrected chi connectivity index (χ4v) is 1.23. The van der Waals surface area contributed by atoms with Crippen molar-refractivity contribution in [3.63, 3.8) is 0 Å². The second-order valence-electron chi connectivity index (χ2n) is 3.32. The van der Waals surface area contributed by atoms with Gasteiger partial charge < -0.3 is 9.84 Å². The minimum absolute atomic E-state index is 0.159. The van der Waals surface area contributed by atoms with E-state index in [9.17, 15) is 4.79 Å². The molecule has 88 valence electrons. The second kappa shape index (κ2) is 4.62. The van der Waals surface area contributed by atoms with E-state index in [0.29, 0.717) is 17.1 Å². The van der Waals surface area contributed by atoms with E-state index in [0.717, 1.165) is 0 Å². The quantitative estimate of drug-likeness (QED) is 0.537. The standard InChI is InChI=1S/C10H11N5O2/c1-6-5-17-10(13-6)14-9(16)7-2-3-12-8(4-7)15-11/h2-5H,11H2,1H3,(H,12,15)(H,13,14,16). The van der Waals surface area contributed by atoms with Gasteiger partial charge in [-0.3, -0.25) is 10.1 Å². The van der Waals surface area contributed by atoms with Crippen LogP contribution >= 0.6 is 0 Å². The molecule has 0 fully saturated rings. The highest BCUT2D eigenvalue weighted by molar-refractivity contribution is 6.03. The van der Waals surface area contributed by atoms with Crippen molar-refractivity contribution in [2.45, 2.75) is 6.92 Å². The Morgan fingerprint density at radius 1 is 1.53 bits per heavy atom. The third-order valence-corrected chi connectivity index (χ3v) is 2.01. The van der Waals surface area contributed by atoms with Crippen LogP contribution in [0.3, 0.4) is 0 Å². The average Bonchev–Trinajstić information content (AvgIpc) is 2.75. The number of hydrogen-bond donors (Lipinski definition) is 3. The third-order valence-electron chi connectivity index (χ3n) is 2.01. The molecule has 0 aliphatic rings. The van der Waals surface area contributed by atoms with E-state index in [1.54, 1.807) is 13.0 Å². The van der Waals surface area contributed by atoms with Gasteiger partial charge in [0.05, 0.1) is 5.69 Å². The molecule has 0 spiro atoms. The van der Waals surface area contributed by atoms with Gasteiger partial charge in [-0.25, -0.2) is 10.8 Å². The summed E-state index contributed by atoms with van der Waals surface area (Å²) >= 11 is 0. The van der Waals surface area contributed by atoms with Gasteiger partial charge in [0.25, 0.3) is 5.91 Å². The van der Waals surface area contributed by atoms with E-state index in [1.807, 2.05) is 0 Å². The number of aromatic nitrogens is 2. The molecule has 7 heteroatoms. The molecule has 0 radical (unpaired) electrons. The minimum atomic E-state index is -0.342. The number of aryl methyl sites for hydroxylation is 1. The van der Waals surface area contributed by atoms with Crippen molar-refractivity contribution >= 4 is 17.7 Å². The smallest absolute Gasteiger partial charge is 0.301 e. The van der Waals surface area contributed by atoms with E-state index in [1.165, 1.54) is 18.5 Å². The fraction of sp³-hybridized carbons (Fsp3) is 0.100. The Morgan fingerprint density at radius 2 is 2.35 bits per heavy atom. The zero-order valence-corrected chi connectivity index (χ0v) is 9.10. The van der Waals surface area contributed by atoms with E-state index in [2.05, 4.69) is 20.7 Å². The molecule has 2 aromatic rings. The van der Waals surface area contributed by atoms with Crippen molar-refractivity contribution in [3.05, 3.63) is 35.9 Å². The molecule has 0 saturated heterocycles. The Bertz CT molecular complexity index is 537. The van der Waals surface area contributed by atoms with E-state index in [-0.39, 0.29) is 11.9 Å². The number of hydrogen-bond acceptors (Lipinski definition) is 6. The van der Waals surface area contributed by atoms with Crippen LogP contribution in [0, 0.1) is 6.92 Å². The van der Waals surface area contributed by atoms with Crippen LogP contribution in [0.4, 0.5) is 11.8 Å². The predicted octanol–water partition coefficient (Wildman–Crippen LogP) is 0.916. The first kappa shape index (κ1) is 11.1. The molecule has 1 amide bonds. The van der Waals surface area contributed by atoms with Crippen LogP contribution < -0.4 is 16.6 Å². The number of pyridine rings is 1. The molecule has 2 aromatic heterocycles. The molecular weight excluding hydrogens is 222 g/mol. The van der Waals surface area contributed by atoms with E-state index < -0.39 is 0 Å². The molecule has 0 aromatic carbocycles. The molecule has 2 rings (SSSR count). The number of nitrogens with zero attached hydrogens (tertiary/aromatic N) is 2. The fourth-order valence-electron chi connectivity index (χ4n) is 1.23. The van der Waals surface area contributed by atoms with Crippen LogP contribution in [-0.2, 0) is 0 Å². The summed E-state index contributed by atoms with van der Waals surface area (Å²) in [6.45, 7) is 1.77. The summed E-state index contributed by atoms with van der Waals surface area (Å²) < 4.78 is 5.01. The molecule has 0 bridgehead atoms. The zero-order chi connectivity index (χ0) is 12.3. The van der Waals surface area contributed by atoms with Gasteiger partial charge in [-0.05, 0) is 19.1 Å². The summed E-state index contributed by atoms with van der Waals surface area (Å²) in [7, 11) is 0. The number of oxazole rings is 1. The number of nitrogen functional groups attached to an aromatic ring is 1. The Morgan fingerprint density at radius 3 is 3.00 bits per heavy atom. The lowest BCUT2D eigenvalue weighted by molar-refractivity contribution is 0.102. The highest BCUT2D eigenvalue weighted by Gasteiger charge is 2.10. The maximum absolute atomic E-state index is 11.8. The summed E-state index contributed by atoms with van der Waals surface area (Å²) in [6, 6.07) is 3.24. The lowest BCUT2D eigenvalue weighted by Gasteiger charge is -2.02. The normalized spacial score (nSPS) is 10.0. The van der Waals surface area contributed by atoms with Crippen molar-refractivity contribution in [1.82, 2.24) is 9.97 Å². The third kappa shape index (κ3) is 2.58. The number of hydrazine groups is 1. The monoisotopic (exact) mass is 233 g/mol. The van der Waals surface area contributed by atoms with Crippen molar-refractivity contribution in [3.8, 4) is 0 Å². The first-order valence-electron chi connectivity index (χ1n) is 4.85. The molecule has 4 N–H and O–H groups in total. The van der Waals surface area contributed by atoms with Crippen molar-refractivity contribution in [1.29, 1.82) is 0 Å². The van der Waals surface area contributed by atoms with Gasteiger partial charge in [-0.2, -0.15) is 4.98 Å². The zero-order valence-electron chi connectivity index (χ0n) is 9.10. The molecule has 0 unspecified atom stereocenters. The van der Waals surface area contributed by atoms with Crippen LogP contribution in [0.15, 0.2) is 29.0 Å². The molecular formula is C10H11N5O2. The number of carbonyl (C=O) groups is 1. The van der Waals surface area contributed by atoms with Crippen molar-refractivity contribution in [2.75, 3.05) is 10.7 Å².